The van der Waals surface area contributed by atoms with Crippen molar-refractivity contribution >= 4 is 10.9 Å². The molecule has 0 aliphatic rings. The van der Waals surface area contributed by atoms with E-state index in [1.807, 2.05) is 0 Å². The molecule has 1 unspecified atom stereocenters. The van der Waals surface area contributed by atoms with Crippen LogP contribution < -0.4 is 4.74 Å². The molecule has 102 valence electrons. The maximum absolute atomic E-state index is 12.4. The van der Waals surface area contributed by atoms with Crippen LogP contribution in [0.3, 0.4) is 0 Å². The number of hydrogen-bond acceptors (Lipinski definition) is 4. The lowest BCUT2D eigenvalue weighted by molar-refractivity contribution is -0.260. The number of hydrogen-bond donors (Lipinski definition) is 1. The minimum absolute atomic E-state index is 0.215. The molecule has 2 rings (SSSR count). The molecule has 0 spiro atoms. The average molecular weight is 272 g/mol. The molecule has 1 atom stereocenters. The van der Waals surface area contributed by atoms with Gasteiger partial charge in [-0.05, 0) is 25.1 Å². The summed E-state index contributed by atoms with van der Waals surface area (Å²) in [4.78, 5) is 7.78. The van der Waals surface area contributed by atoms with Crippen LogP contribution in [-0.4, -0.2) is 33.5 Å². The van der Waals surface area contributed by atoms with E-state index in [4.69, 9.17) is 4.74 Å². The summed E-state index contributed by atoms with van der Waals surface area (Å²) >= 11 is 0. The van der Waals surface area contributed by atoms with Crippen molar-refractivity contribution in [1.29, 1.82) is 0 Å². The molecule has 0 aliphatic carbocycles. The number of aromatic nitrogens is 2. The van der Waals surface area contributed by atoms with Gasteiger partial charge in [0, 0.05) is 11.6 Å². The van der Waals surface area contributed by atoms with Crippen LogP contribution in [0.2, 0.25) is 0 Å². The van der Waals surface area contributed by atoms with Crippen LogP contribution in [-0.2, 0) is 0 Å². The van der Waals surface area contributed by atoms with Gasteiger partial charge in [0.05, 0.1) is 5.52 Å². The van der Waals surface area contributed by atoms with Gasteiger partial charge in [0.1, 0.15) is 18.7 Å². The highest BCUT2D eigenvalue weighted by Gasteiger charge is 2.50. The number of nitrogens with zero attached hydrogens (tertiary/aromatic N) is 2. The Bertz CT molecular complexity index is 584. The van der Waals surface area contributed by atoms with Crippen LogP contribution in [0, 0.1) is 0 Å². The van der Waals surface area contributed by atoms with Gasteiger partial charge in [-0.2, -0.15) is 13.2 Å². The smallest absolute Gasteiger partial charge is 0.420 e. The van der Waals surface area contributed by atoms with Crippen LogP contribution in [0.1, 0.15) is 6.92 Å². The molecule has 1 aromatic heterocycles. The highest BCUT2D eigenvalue weighted by atomic mass is 19.4. The van der Waals surface area contributed by atoms with E-state index >= 15 is 0 Å². The van der Waals surface area contributed by atoms with E-state index in [1.165, 1.54) is 24.7 Å². The third-order valence-electron chi connectivity index (χ3n) is 2.61. The van der Waals surface area contributed by atoms with Crippen molar-refractivity contribution in [3.8, 4) is 5.75 Å². The van der Waals surface area contributed by atoms with Crippen molar-refractivity contribution in [2.75, 3.05) is 6.61 Å². The van der Waals surface area contributed by atoms with Crippen molar-refractivity contribution in [3.63, 3.8) is 0 Å². The van der Waals surface area contributed by atoms with Gasteiger partial charge in [-0.15, -0.1) is 0 Å². The predicted octanol–water partition coefficient (Wildman–Crippen LogP) is 2.32. The summed E-state index contributed by atoms with van der Waals surface area (Å²) < 4.78 is 42.3. The normalized spacial score (nSPS) is 15.2. The zero-order valence-electron chi connectivity index (χ0n) is 9.98. The maximum atomic E-state index is 12.4. The first-order chi connectivity index (χ1) is 8.79. The van der Waals surface area contributed by atoms with Crippen LogP contribution in [0.25, 0.3) is 10.9 Å². The third-order valence-corrected chi connectivity index (χ3v) is 2.61. The number of rotatable bonds is 3. The highest BCUT2D eigenvalue weighted by Crippen LogP contribution is 2.30. The Labute approximate surface area is 106 Å². The summed E-state index contributed by atoms with van der Waals surface area (Å²) in [6.45, 7) is -0.215. The molecule has 1 N–H and O–H groups in total. The second-order valence-corrected chi connectivity index (χ2v) is 4.30. The Morgan fingerprint density at radius 3 is 2.74 bits per heavy atom. The summed E-state index contributed by atoms with van der Waals surface area (Å²) in [6.07, 6.45) is -1.85. The number of benzene rings is 1. The molecule has 0 saturated heterocycles. The Morgan fingerprint density at radius 1 is 1.32 bits per heavy atom. The topological polar surface area (TPSA) is 55.2 Å². The number of aliphatic hydroxyl groups is 1. The first kappa shape index (κ1) is 13.5. The molecule has 19 heavy (non-hydrogen) atoms. The number of halogens is 3. The van der Waals surface area contributed by atoms with Gasteiger partial charge in [0.15, 0.2) is 5.60 Å². The largest absolute Gasteiger partial charge is 0.490 e. The van der Waals surface area contributed by atoms with Crippen molar-refractivity contribution in [3.05, 3.63) is 30.7 Å². The van der Waals surface area contributed by atoms with E-state index in [9.17, 15) is 18.3 Å². The van der Waals surface area contributed by atoms with Crippen LogP contribution in [0.15, 0.2) is 30.7 Å². The molecule has 0 saturated carbocycles. The van der Waals surface area contributed by atoms with E-state index in [-0.39, 0.29) is 5.75 Å². The molecule has 1 heterocycles. The summed E-state index contributed by atoms with van der Waals surface area (Å²) in [6, 6.07) is 4.61. The SMILES string of the molecule is CC(O)(COc1ccc2ncncc2c1)C(F)(F)F. The fourth-order valence-corrected chi connectivity index (χ4v) is 1.36. The van der Waals surface area contributed by atoms with Crippen molar-refractivity contribution < 1.29 is 23.0 Å². The lowest BCUT2D eigenvalue weighted by Gasteiger charge is -2.26. The number of alkyl halides is 3. The second-order valence-electron chi connectivity index (χ2n) is 4.30. The van der Waals surface area contributed by atoms with Crippen molar-refractivity contribution in [2.24, 2.45) is 0 Å². The molecule has 2 aromatic rings. The van der Waals surface area contributed by atoms with Gasteiger partial charge in [-0.1, -0.05) is 0 Å². The molecular weight excluding hydrogens is 261 g/mol. The van der Waals surface area contributed by atoms with Crippen molar-refractivity contribution in [1.82, 2.24) is 9.97 Å². The minimum Gasteiger partial charge on any atom is -0.490 e. The molecule has 0 amide bonds. The molecular formula is C12H11F3N2O2. The molecule has 4 nitrogen and oxygen atoms in total. The van der Waals surface area contributed by atoms with E-state index in [1.54, 1.807) is 6.07 Å². The average Bonchev–Trinajstić information content (AvgIpc) is 2.35. The van der Waals surface area contributed by atoms with Gasteiger partial charge in [-0.25, -0.2) is 9.97 Å². The summed E-state index contributed by atoms with van der Waals surface area (Å²) in [7, 11) is 0. The monoisotopic (exact) mass is 272 g/mol. The maximum Gasteiger partial charge on any atom is 0.420 e. The number of fused-ring (bicyclic) bond motifs is 1. The Balaban J connectivity index is 2.14. The molecule has 1 aromatic carbocycles. The van der Waals surface area contributed by atoms with Gasteiger partial charge in [-0.3, -0.25) is 0 Å². The molecule has 0 radical (unpaired) electrons. The first-order valence-corrected chi connectivity index (χ1v) is 5.41. The number of ether oxygens (including phenoxy) is 1. The summed E-state index contributed by atoms with van der Waals surface area (Å²) in [5.74, 6) is 0.215. The van der Waals surface area contributed by atoms with E-state index in [0.29, 0.717) is 17.8 Å². The van der Waals surface area contributed by atoms with Crippen molar-refractivity contribution in [2.45, 2.75) is 18.7 Å². The van der Waals surface area contributed by atoms with Gasteiger partial charge >= 0.3 is 6.18 Å². The zero-order chi connectivity index (χ0) is 14.1. The van der Waals surface area contributed by atoms with Crippen LogP contribution in [0.4, 0.5) is 13.2 Å². The molecule has 0 aliphatic heterocycles. The van der Waals surface area contributed by atoms with Gasteiger partial charge in [0.2, 0.25) is 0 Å². The lowest BCUT2D eigenvalue weighted by Crippen LogP contribution is -2.47. The minimum atomic E-state index is -4.74. The van der Waals surface area contributed by atoms with Crippen LogP contribution >= 0.6 is 0 Å². The van der Waals surface area contributed by atoms with E-state index in [0.717, 1.165) is 0 Å². The quantitative estimate of drug-likeness (QED) is 0.931. The Kier molecular flexibility index (Phi) is 3.32. The van der Waals surface area contributed by atoms with Gasteiger partial charge in [0.25, 0.3) is 0 Å². The fourth-order valence-electron chi connectivity index (χ4n) is 1.36. The molecule has 0 fully saturated rings. The second kappa shape index (κ2) is 4.65. The van der Waals surface area contributed by atoms with Crippen LogP contribution in [0.5, 0.6) is 5.75 Å². The highest BCUT2D eigenvalue weighted by molar-refractivity contribution is 5.78. The summed E-state index contributed by atoms with van der Waals surface area (Å²) in [5.41, 5.74) is -2.24. The van der Waals surface area contributed by atoms with E-state index in [2.05, 4.69) is 9.97 Å². The Morgan fingerprint density at radius 2 is 2.05 bits per heavy atom. The van der Waals surface area contributed by atoms with E-state index < -0.39 is 18.4 Å². The predicted molar refractivity (Wildman–Crippen MR) is 61.7 cm³/mol. The third kappa shape index (κ3) is 2.93. The fraction of sp³-hybridized carbons (Fsp3) is 0.333. The summed E-state index contributed by atoms with van der Waals surface area (Å²) in [5, 5.41) is 9.90. The molecule has 7 heteroatoms. The van der Waals surface area contributed by atoms with Gasteiger partial charge < -0.3 is 9.84 Å². The molecule has 0 bridgehead atoms. The standard InChI is InChI=1S/C12H11F3N2O2/c1-11(18,12(13,14)15)6-19-9-2-3-10-8(4-9)5-16-7-17-10/h2-5,7,18H,6H2,1H3. The lowest BCUT2D eigenvalue weighted by atomic mass is 10.1. The Hall–Kier alpha value is -1.89. The first-order valence-electron chi connectivity index (χ1n) is 5.41. The zero-order valence-corrected chi connectivity index (χ0v) is 9.98.